The average Bonchev–Trinajstić information content (AvgIpc) is 2.83. The van der Waals surface area contributed by atoms with Crippen LogP contribution in [0.3, 0.4) is 0 Å². The lowest BCUT2D eigenvalue weighted by Crippen LogP contribution is -2.46. The number of aryl methyl sites for hydroxylation is 1. The molecule has 0 atom stereocenters. The smallest absolute Gasteiger partial charge is 0.263 e. The maximum atomic E-state index is 12.3. The molecule has 0 spiro atoms. The molecule has 1 aliphatic heterocycles. The highest BCUT2D eigenvalue weighted by Gasteiger charge is 2.29. The van der Waals surface area contributed by atoms with Crippen LogP contribution in [-0.2, 0) is 10.0 Å². The van der Waals surface area contributed by atoms with Gasteiger partial charge in [0, 0.05) is 31.1 Å². The summed E-state index contributed by atoms with van der Waals surface area (Å²) in [5.74, 6) is 0.0589. The van der Waals surface area contributed by atoms with Crippen molar-refractivity contribution in [3.8, 4) is 0 Å². The molecule has 0 bridgehead atoms. The van der Waals surface area contributed by atoms with Crippen LogP contribution in [0.2, 0.25) is 0 Å². The summed E-state index contributed by atoms with van der Waals surface area (Å²) in [7, 11) is -1.55. The normalized spacial score (nSPS) is 17.7. The van der Waals surface area contributed by atoms with Crippen LogP contribution in [0.15, 0.2) is 12.1 Å². The van der Waals surface area contributed by atoms with Gasteiger partial charge in [0.05, 0.1) is 11.1 Å². The third kappa shape index (κ3) is 3.39. The summed E-state index contributed by atoms with van der Waals surface area (Å²) < 4.78 is 24.5. The minimum atomic E-state index is -3.16. The van der Waals surface area contributed by atoms with E-state index in [0.29, 0.717) is 25.9 Å². The van der Waals surface area contributed by atoms with Crippen LogP contribution < -0.4 is 0 Å². The highest BCUT2D eigenvalue weighted by Crippen LogP contribution is 2.22. The summed E-state index contributed by atoms with van der Waals surface area (Å²) in [6, 6.07) is 3.80. The Morgan fingerprint density at radius 2 is 1.95 bits per heavy atom. The first-order chi connectivity index (χ1) is 9.29. The van der Waals surface area contributed by atoms with E-state index in [4.69, 9.17) is 0 Å². The molecule has 0 aromatic carbocycles. The molecule has 1 amide bonds. The number of hydrogen-bond acceptors (Lipinski definition) is 4. The van der Waals surface area contributed by atoms with Gasteiger partial charge in [-0.25, -0.2) is 12.7 Å². The zero-order valence-corrected chi connectivity index (χ0v) is 13.6. The molecule has 7 heteroatoms. The molecule has 2 rings (SSSR count). The highest BCUT2D eigenvalue weighted by atomic mass is 32.2. The zero-order valence-electron chi connectivity index (χ0n) is 12.0. The van der Waals surface area contributed by atoms with Crippen LogP contribution in [0.25, 0.3) is 0 Å². The SMILES string of the molecule is Cc1ccc(C(=O)N2CCC(N(C)S(C)(=O)=O)CC2)s1. The Bertz CT molecular complexity index is 587. The minimum absolute atomic E-state index is 0.000813. The predicted octanol–water partition coefficient (Wildman–Crippen LogP) is 1.55. The lowest BCUT2D eigenvalue weighted by Gasteiger charge is -2.35. The molecule has 112 valence electrons. The van der Waals surface area contributed by atoms with Crippen molar-refractivity contribution in [3.63, 3.8) is 0 Å². The van der Waals surface area contributed by atoms with Gasteiger partial charge in [0.15, 0.2) is 0 Å². The molecule has 2 heterocycles. The number of amides is 1. The maximum Gasteiger partial charge on any atom is 0.263 e. The van der Waals surface area contributed by atoms with Gasteiger partial charge in [-0.1, -0.05) is 0 Å². The number of sulfonamides is 1. The fourth-order valence-electron chi connectivity index (χ4n) is 2.41. The van der Waals surface area contributed by atoms with E-state index >= 15 is 0 Å². The second-order valence-electron chi connectivity index (χ2n) is 5.21. The Labute approximate surface area is 124 Å². The molecule has 0 aliphatic carbocycles. The minimum Gasteiger partial charge on any atom is -0.338 e. The van der Waals surface area contributed by atoms with Gasteiger partial charge in [0.2, 0.25) is 10.0 Å². The molecular formula is C13H20N2O3S2. The number of rotatable bonds is 3. The number of nitrogens with zero attached hydrogens (tertiary/aromatic N) is 2. The Morgan fingerprint density at radius 1 is 1.35 bits per heavy atom. The monoisotopic (exact) mass is 316 g/mol. The van der Waals surface area contributed by atoms with Gasteiger partial charge in [-0.15, -0.1) is 11.3 Å². The van der Waals surface area contributed by atoms with Crippen LogP contribution in [0.1, 0.15) is 27.4 Å². The van der Waals surface area contributed by atoms with Crippen molar-refractivity contribution in [2.24, 2.45) is 0 Å². The van der Waals surface area contributed by atoms with E-state index < -0.39 is 10.0 Å². The van der Waals surface area contributed by atoms with Crippen LogP contribution in [0, 0.1) is 6.92 Å². The quantitative estimate of drug-likeness (QED) is 0.850. The largest absolute Gasteiger partial charge is 0.338 e. The Morgan fingerprint density at radius 3 is 2.40 bits per heavy atom. The van der Waals surface area contributed by atoms with Gasteiger partial charge in [0.25, 0.3) is 5.91 Å². The van der Waals surface area contributed by atoms with Gasteiger partial charge in [-0.2, -0.15) is 0 Å². The van der Waals surface area contributed by atoms with Crippen molar-refractivity contribution in [3.05, 3.63) is 21.9 Å². The molecule has 0 N–H and O–H groups in total. The van der Waals surface area contributed by atoms with E-state index in [-0.39, 0.29) is 11.9 Å². The van der Waals surface area contributed by atoms with E-state index in [1.807, 2.05) is 24.0 Å². The first-order valence-corrected chi connectivity index (χ1v) is 9.24. The van der Waals surface area contributed by atoms with Gasteiger partial charge in [-0.3, -0.25) is 4.79 Å². The first-order valence-electron chi connectivity index (χ1n) is 6.58. The molecule has 0 radical (unpaired) electrons. The second kappa shape index (κ2) is 5.83. The molecule has 1 aromatic heterocycles. The van der Waals surface area contributed by atoms with Crippen molar-refractivity contribution >= 4 is 27.3 Å². The van der Waals surface area contributed by atoms with Crippen molar-refractivity contribution in [2.45, 2.75) is 25.8 Å². The third-order valence-electron chi connectivity index (χ3n) is 3.74. The van der Waals surface area contributed by atoms with E-state index in [9.17, 15) is 13.2 Å². The van der Waals surface area contributed by atoms with Crippen LogP contribution in [0.5, 0.6) is 0 Å². The Hall–Kier alpha value is -0.920. The lowest BCUT2D eigenvalue weighted by molar-refractivity contribution is 0.0691. The van der Waals surface area contributed by atoms with Crippen molar-refractivity contribution < 1.29 is 13.2 Å². The standard InChI is InChI=1S/C13H20N2O3S2/c1-10-4-5-12(19-10)13(16)15-8-6-11(7-9-15)14(2)20(3,17)18/h4-5,11H,6-9H2,1-3H3. The van der Waals surface area contributed by atoms with Crippen molar-refractivity contribution in [2.75, 3.05) is 26.4 Å². The van der Waals surface area contributed by atoms with E-state index in [1.54, 1.807) is 7.05 Å². The molecule has 1 aliphatic rings. The summed E-state index contributed by atoms with van der Waals surface area (Å²) in [5, 5.41) is 0. The molecule has 0 unspecified atom stereocenters. The first kappa shape index (κ1) is 15.5. The molecule has 1 saturated heterocycles. The fourth-order valence-corrected chi connectivity index (χ4v) is 4.00. The van der Waals surface area contributed by atoms with Gasteiger partial charge in [0.1, 0.15) is 0 Å². The molecule has 1 aromatic rings. The van der Waals surface area contributed by atoms with Crippen molar-refractivity contribution in [1.29, 1.82) is 0 Å². The summed E-state index contributed by atoms with van der Waals surface area (Å²) in [4.78, 5) is 16.0. The molecular weight excluding hydrogens is 296 g/mol. The summed E-state index contributed by atoms with van der Waals surface area (Å²) in [6.45, 7) is 3.20. The Kier molecular flexibility index (Phi) is 4.51. The summed E-state index contributed by atoms with van der Waals surface area (Å²) >= 11 is 1.50. The van der Waals surface area contributed by atoms with Gasteiger partial charge >= 0.3 is 0 Å². The number of carbonyl (C=O) groups is 1. The molecule has 5 nitrogen and oxygen atoms in total. The van der Waals surface area contributed by atoms with E-state index in [1.165, 1.54) is 21.9 Å². The maximum absolute atomic E-state index is 12.3. The number of likely N-dealkylation sites (tertiary alicyclic amines) is 1. The number of hydrogen-bond donors (Lipinski definition) is 0. The highest BCUT2D eigenvalue weighted by molar-refractivity contribution is 7.88. The zero-order chi connectivity index (χ0) is 14.9. The van der Waals surface area contributed by atoms with Crippen LogP contribution in [0.4, 0.5) is 0 Å². The van der Waals surface area contributed by atoms with Gasteiger partial charge < -0.3 is 4.90 Å². The predicted molar refractivity (Wildman–Crippen MR) is 80.6 cm³/mol. The van der Waals surface area contributed by atoms with E-state index in [2.05, 4.69) is 0 Å². The Balaban J connectivity index is 1.96. The topological polar surface area (TPSA) is 57.7 Å². The second-order valence-corrected chi connectivity index (χ2v) is 8.54. The fraction of sp³-hybridized carbons (Fsp3) is 0.615. The number of thiophene rings is 1. The van der Waals surface area contributed by atoms with Crippen molar-refractivity contribution in [1.82, 2.24) is 9.21 Å². The number of carbonyl (C=O) groups excluding carboxylic acids is 1. The average molecular weight is 316 g/mol. The molecule has 20 heavy (non-hydrogen) atoms. The van der Waals surface area contributed by atoms with E-state index in [0.717, 1.165) is 9.75 Å². The third-order valence-corrected chi connectivity index (χ3v) is 6.07. The summed E-state index contributed by atoms with van der Waals surface area (Å²) in [5.41, 5.74) is 0. The van der Waals surface area contributed by atoms with Crippen LogP contribution >= 0.6 is 11.3 Å². The number of piperidine rings is 1. The molecule has 1 fully saturated rings. The summed E-state index contributed by atoms with van der Waals surface area (Å²) in [6.07, 6.45) is 2.61. The van der Waals surface area contributed by atoms with Gasteiger partial charge in [-0.05, 0) is 31.9 Å². The molecule has 0 saturated carbocycles. The van der Waals surface area contributed by atoms with Crippen LogP contribution in [-0.4, -0.2) is 56.0 Å². The lowest BCUT2D eigenvalue weighted by atomic mass is 10.1.